The third-order valence-corrected chi connectivity index (χ3v) is 3.90. The Bertz CT molecular complexity index is 650. The van der Waals surface area contributed by atoms with Gasteiger partial charge in [-0.2, -0.15) is 0 Å². The predicted octanol–water partition coefficient (Wildman–Crippen LogP) is 2.19. The Labute approximate surface area is 118 Å². The monoisotopic (exact) mass is 272 g/mol. The van der Waals surface area contributed by atoms with Gasteiger partial charge in [0.25, 0.3) is 5.56 Å². The van der Waals surface area contributed by atoms with E-state index in [0.717, 1.165) is 35.9 Å². The fourth-order valence-corrected chi connectivity index (χ4v) is 2.76. The van der Waals surface area contributed by atoms with Crippen molar-refractivity contribution in [1.82, 2.24) is 10.3 Å². The predicted molar refractivity (Wildman–Crippen MR) is 79.8 cm³/mol. The van der Waals surface area contributed by atoms with Crippen molar-refractivity contribution >= 4 is 10.9 Å². The van der Waals surface area contributed by atoms with Gasteiger partial charge in [-0.1, -0.05) is 18.2 Å². The van der Waals surface area contributed by atoms with E-state index in [-0.39, 0.29) is 5.56 Å². The first-order chi connectivity index (χ1) is 9.72. The van der Waals surface area contributed by atoms with Crippen LogP contribution in [0.4, 0.5) is 0 Å². The van der Waals surface area contributed by atoms with E-state index in [2.05, 4.69) is 17.2 Å². The summed E-state index contributed by atoms with van der Waals surface area (Å²) in [5.41, 5.74) is 1.68. The number of aromatic amines is 1. The number of hydrogen-bond donors (Lipinski definition) is 2. The number of hydrogen-bond acceptors (Lipinski definition) is 3. The number of ether oxygens (including phenoxy) is 1. The third-order valence-electron chi connectivity index (χ3n) is 3.90. The molecule has 2 atom stereocenters. The second kappa shape index (κ2) is 5.77. The van der Waals surface area contributed by atoms with E-state index in [0.29, 0.717) is 18.7 Å². The lowest BCUT2D eigenvalue weighted by Gasteiger charge is -2.28. The van der Waals surface area contributed by atoms with Gasteiger partial charge in [-0.15, -0.1) is 0 Å². The molecule has 2 unspecified atom stereocenters. The standard InChI is InChI=1S/C16H20N2O2/c1-11-8-14(6-7-20-11)17-10-13-9-12-4-2-3-5-15(12)18-16(13)19/h2-5,9,11,14,17H,6-8,10H2,1H3,(H,18,19). The molecule has 2 aromatic rings. The number of rotatable bonds is 3. The maximum Gasteiger partial charge on any atom is 0.252 e. The van der Waals surface area contributed by atoms with Crippen molar-refractivity contribution in [1.29, 1.82) is 0 Å². The van der Waals surface area contributed by atoms with E-state index < -0.39 is 0 Å². The molecular weight excluding hydrogens is 252 g/mol. The van der Waals surface area contributed by atoms with Crippen LogP contribution in [-0.2, 0) is 11.3 Å². The largest absolute Gasteiger partial charge is 0.378 e. The quantitative estimate of drug-likeness (QED) is 0.900. The van der Waals surface area contributed by atoms with Gasteiger partial charge < -0.3 is 15.0 Å². The molecule has 0 radical (unpaired) electrons. The summed E-state index contributed by atoms with van der Waals surface area (Å²) in [6.45, 7) is 3.50. The number of pyridine rings is 1. The van der Waals surface area contributed by atoms with Gasteiger partial charge in [0.2, 0.25) is 0 Å². The Kier molecular flexibility index (Phi) is 3.85. The fourth-order valence-electron chi connectivity index (χ4n) is 2.76. The van der Waals surface area contributed by atoms with Crippen molar-refractivity contribution in [2.45, 2.75) is 38.5 Å². The second-order valence-electron chi connectivity index (χ2n) is 5.49. The molecule has 3 rings (SSSR count). The number of aromatic nitrogens is 1. The van der Waals surface area contributed by atoms with E-state index in [1.54, 1.807) is 0 Å². The molecule has 1 aliphatic rings. The van der Waals surface area contributed by atoms with Gasteiger partial charge >= 0.3 is 0 Å². The van der Waals surface area contributed by atoms with Crippen LogP contribution in [0.1, 0.15) is 25.3 Å². The number of nitrogens with one attached hydrogen (secondary N) is 2. The summed E-state index contributed by atoms with van der Waals surface area (Å²) in [5.74, 6) is 0. The van der Waals surface area contributed by atoms with E-state index >= 15 is 0 Å². The minimum Gasteiger partial charge on any atom is -0.378 e. The lowest BCUT2D eigenvalue weighted by Crippen LogP contribution is -2.38. The molecule has 0 bridgehead atoms. The highest BCUT2D eigenvalue weighted by Gasteiger charge is 2.18. The SMILES string of the molecule is CC1CC(NCc2cc3ccccc3[nH]c2=O)CCO1. The third kappa shape index (κ3) is 2.92. The smallest absolute Gasteiger partial charge is 0.252 e. The van der Waals surface area contributed by atoms with Crippen LogP contribution < -0.4 is 10.9 Å². The topological polar surface area (TPSA) is 54.1 Å². The highest BCUT2D eigenvalue weighted by molar-refractivity contribution is 5.78. The molecule has 20 heavy (non-hydrogen) atoms. The van der Waals surface area contributed by atoms with Crippen LogP contribution in [0.2, 0.25) is 0 Å². The summed E-state index contributed by atoms with van der Waals surface area (Å²) in [7, 11) is 0. The highest BCUT2D eigenvalue weighted by atomic mass is 16.5. The van der Waals surface area contributed by atoms with Crippen molar-refractivity contribution in [2.24, 2.45) is 0 Å². The Morgan fingerprint density at radius 2 is 2.25 bits per heavy atom. The van der Waals surface area contributed by atoms with Gasteiger partial charge in [-0.05, 0) is 37.3 Å². The van der Waals surface area contributed by atoms with Gasteiger partial charge in [0.1, 0.15) is 0 Å². The molecule has 1 saturated heterocycles. The van der Waals surface area contributed by atoms with Crippen molar-refractivity contribution in [3.63, 3.8) is 0 Å². The number of benzene rings is 1. The molecule has 1 aliphatic heterocycles. The van der Waals surface area contributed by atoms with E-state index in [4.69, 9.17) is 4.74 Å². The summed E-state index contributed by atoms with van der Waals surface area (Å²) in [5, 5.41) is 4.55. The lowest BCUT2D eigenvalue weighted by atomic mass is 10.0. The van der Waals surface area contributed by atoms with Crippen LogP contribution in [0.3, 0.4) is 0 Å². The summed E-state index contributed by atoms with van der Waals surface area (Å²) in [4.78, 5) is 15.0. The molecule has 0 amide bonds. The zero-order valence-electron chi connectivity index (χ0n) is 11.7. The Morgan fingerprint density at radius 1 is 1.40 bits per heavy atom. The molecule has 0 saturated carbocycles. The zero-order chi connectivity index (χ0) is 13.9. The van der Waals surface area contributed by atoms with Crippen LogP contribution in [0.15, 0.2) is 35.1 Å². The normalized spacial score (nSPS) is 23.1. The molecule has 0 aliphatic carbocycles. The van der Waals surface area contributed by atoms with Crippen molar-refractivity contribution in [3.8, 4) is 0 Å². The average molecular weight is 272 g/mol. The molecule has 1 aromatic carbocycles. The first-order valence-corrected chi connectivity index (χ1v) is 7.18. The summed E-state index contributed by atoms with van der Waals surface area (Å²) in [6.07, 6.45) is 2.32. The summed E-state index contributed by atoms with van der Waals surface area (Å²) < 4.78 is 5.53. The lowest BCUT2D eigenvalue weighted by molar-refractivity contribution is 0.0130. The first-order valence-electron chi connectivity index (χ1n) is 7.18. The second-order valence-corrected chi connectivity index (χ2v) is 5.49. The molecule has 4 nitrogen and oxygen atoms in total. The Morgan fingerprint density at radius 3 is 3.10 bits per heavy atom. The van der Waals surface area contributed by atoms with Gasteiger partial charge in [0.05, 0.1) is 6.10 Å². The molecule has 4 heteroatoms. The molecule has 1 aromatic heterocycles. The van der Waals surface area contributed by atoms with E-state index in [1.807, 2.05) is 30.3 Å². The number of H-pyrrole nitrogens is 1. The van der Waals surface area contributed by atoms with E-state index in [1.165, 1.54) is 0 Å². The minimum absolute atomic E-state index is 0.00342. The highest BCUT2D eigenvalue weighted by Crippen LogP contribution is 2.14. The van der Waals surface area contributed by atoms with Gasteiger partial charge in [0.15, 0.2) is 0 Å². The fraction of sp³-hybridized carbons (Fsp3) is 0.438. The summed E-state index contributed by atoms with van der Waals surface area (Å²) in [6, 6.07) is 10.3. The number of fused-ring (bicyclic) bond motifs is 1. The molecular formula is C16H20N2O2. The zero-order valence-corrected chi connectivity index (χ0v) is 11.7. The molecule has 2 N–H and O–H groups in total. The van der Waals surface area contributed by atoms with E-state index in [9.17, 15) is 4.79 Å². The van der Waals surface area contributed by atoms with Crippen LogP contribution >= 0.6 is 0 Å². The summed E-state index contributed by atoms with van der Waals surface area (Å²) >= 11 is 0. The van der Waals surface area contributed by atoms with Crippen molar-refractivity contribution < 1.29 is 4.74 Å². The van der Waals surface area contributed by atoms with Crippen LogP contribution in [0.25, 0.3) is 10.9 Å². The number of para-hydroxylation sites is 1. The van der Waals surface area contributed by atoms with Crippen LogP contribution in [0, 0.1) is 0 Å². The van der Waals surface area contributed by atoms with Crippen molar-refractivity contribution in [3.05, 3.63) is 46.2 Å². The van der Waals surface area contributed by atoms with Gasteiger partial charge in [-0.3, -0.25) is 4.79 Å². The first kappa shape index (κ1) is 13.3. The van der Waals surface area contributed by atoms with Gasteiger partial charge in [-0.25, -0.2) is 0 Å². The maximum atomic E-state index is 12.0. The molecule has 0 spiro atoms. The van der Waals surface area contributed by atoms with Gasteiger partial charge in [0, 0.05) is 30.3 Å². The molecule has 1 fully saturated rings. The average Bonchev–Trinajstić information content (AvgIpc) is 2.45. The minimum atomic E-state index is -0.00342. The van der Waals surface area contributed by atoms with Crippen LogP contribution in [0.5, 0.6) is 0 Å². The van der Waals surface area contributed by atoms with Crippen molar-refractivity contribution in [2.75, 3.05) is 6.61 Å². The Balaban J connectivity index is 1.74. The maximum absolute atomic E-state index is 12.0. The molecule has 106 valence electrons. The van der Waals surface area contributed by atoms with Crippen LogP contribution in [-0.4, -0.2) is 23.7 Å². The Hall–Kier alpha value is -1.65. The molecule has 2 heterocycles.